The quantitative estimate of drug-likeness (QED) is 0.864. The molecule has 1 saturated heterocycles. The lowest BCUT2D eigenvalue weighted by Gasteiger charge is -2.33. The van der Waals surface area contributed by atoms with Crippen molar-refractivity contribution in [3.63, 3.8) is 0 Å². The summed E-state index contributed by atoms with van der Waals surface area (Å²) in [6.45, 7) is 5.49. The fourth-order valence-corrected chi connectivity index (χ4v) is 2.63. The third-order valence-corrected chi connectivity index (χ3v) is 3.92. The van der Waals surface area contributed by atoms with Crippen LogP contribution >= 0.6 is 0 Å². The average molecular weight is 236 g/mol. The Balaban J connectivity index is 2.05. The lowest BCUT2D eigenvalue weighted by Crippen LogP contribution is -2.37. The van der Waals surface area contributed by atoms with Crippen LogP contribution in [-0.2, 0) is 0 Å². The van der Waals surface area contributed by atoms with Crippen LogP contribution in [0.15, 0.2) is 24.3 Å². The number of halogens is 1. The van der Waals surface area contributed by atoms with Gasteiger partial charge >= 0.3 is 0 Å². The van der Waals surface area contributed by atoms with Crippen molar-refractivity contribution >= 4 is 5.69 Å². The fraction of sp³-hybridized carbons (Fsp3) is 0.571. The van der Waals surface area contributed by atoms with Crippen molar-refractivity contribution in [2.45, 2.75) is 19.8 Å². The van der Waals surface area contributed by atoms with Gasteiger partial charge in [0.25, 0.3) is 0 Å². The molecule has 0 spiro atoms. The van der Waals surface area contributed by atoms with Crippen LogP contribution in [0.2, 0.25) is 0 Å². The molecular formula is C14H21FN2. The van der Waals surface area contributed by atoms with Crippen molar-refractivity contribution in [1.29, 1.82) is 0 Å². The molecule has 1 fully saturated rings. The highest BCUT2D eigenvalue weighted by Crippen LogP contribution is 2.31. The molecule has 2 nitrogen and oxygen atoms in total. The van der Waals surface area contributed by atoms with E-state index < -0.39 is 0 Å². The normalized spacial score (nSPS) is 23.9. The Morgan fingerprint density at radius 2 is 2.06 bits per heavy atom. The van der Waals surface area contributed by atoms with Gasteiger partial charge in [-0.3, -0.25) is 0 Å². The maximum atomic E-state index is 12.9. The van der Waals surface area contributed by atoms with Crippen molar-refractivity contribution in [1.82, 2.24) is 5.32 Å². The average Bonchev–Trinajstić information content (AvgIpc) is 2.79. The molecule has 1 heterocycles. The number of rotatable bonds is 4. The number of hydrogen-bond acceptors (Lipinski definition) is 2. The highest BCUT2D eigenvalue weighted by Gasteiger charge is 2.33. The minimum atomic E-state index is -0.171. The lowest BCUT2D eigenvalue weighted by atomic mass is 9.84. The van der Waals surface area contributed by atoms with E-state index in [9.17, 15) is 4.39 Å². The molecule has 3 heteroatoms. The molecule has 1 aromatic carbocycles. The van der Waals surface area contributed by atoms with Gasteiger partial charge in [0.1, 0.15) is 5.82 Å². The number of nitrogens with zero attached hydrogens (tertiary/aromatic N) is 1. The third-order valence-electron chi connectivity index (χ3n) is 3.92. The van der Waals surface area contributed by atoms with E-state index in [1.165, 1.54) is 25.0 Å². The molecular weight excluding hydrogens is 215 g/mol. The molecule has 0 saturated carbocycles. The molecule has 0 aliphatic carbocycles. The van der Waals surface area contributed by atoms with Crippen LogP contribution in [-0.4, -0.2) is 26.7 Å². The van der Waals surface area contributed by atoms with Crippen molar-refractivity contribution < 1.29 is 4.39 Å². The van der Waals surface area contributed by atoms with Gasteiger partial charge in [0, 0.05) is 31.2 Å². The molecule has 1 N–H and O–H groups in total. The summed E-state index contributed by atoms with van der Waals surface area (Å²) in [6.07, 6.45) is 2.42. The smallest absolute Gasteiger partial charge is 0.123 e. The van der Waals surface area contributed by atoms with E-state index in [1.807, 2.05) is 12.1 Å². The minimum absolute atomic E-state index is 0.171. The van der Waals surface area contributed by atoms with Crippen LogP contribution in [0.5, 0.6) is 0 Å². The fourth-order valence-electron chi connectivity index (χ4n) is 2.63. The Kier molecular flexibility index (Phi) is 3.67. The molecule has 17 heavy (non-hydrogen) atoms. The molecule has 1 unspecified atom stereocenters. The van der Waals surface area contributed by atoms with Gasteiger partial charge in [0.05, 0.1) is 0 Å². The zero-order valence-electron chi connectivity index (χ0n) is 10.7. The number of benzene rings is 1. The largest absolute Gasteiger partial charge is 0.374 e. The van der Waals surface area contributed by atoms with Crippen LogP contribution in [0, 0.1) is 11.2 Å². The summed E-state index contributed by atoms with van der Waals surface area (Å²) in [7, 11) is 2.09. The molecule has 1 aromatic rings. The molecule has 2 rings (SSSR count). The monoisotopic (exact) mass is 236 g/mol. The zero-order chi connectivity index (χ0) is 12.3. The lowest BCUT2D eigenvalue weighted by molar-refractivity contribution is 0.317. The SMILES string of the molecule is CCC1(CN(C)c2ccc(F)cc2)CCNC1. The predicted molar refractivity (Wildman–Crippen MR) is 69.9 cm³/mol. The third kappa shape index (κ3) is 2.78. The van der Waals surface area contributed by atoms with Gasteiger partial charge in [-0.15, -0.1) is 0 Å². The molecule has 0 aromatic heterocycles. The van der Waals surface area contributed by atoms with Crippen molar-refractivity contribution in [2.24, 2.45) is 5.41 Å². The second kappa shape index (κ2) is 5.05. The maximum absolute atomic E-state index is 12.9. The first-order valence-corrected chi connectivity index (χ1v) is 6.33. The van der Waals surface area contributed by atoms with E-state index in [2.05, 4.69) is 24.2 Å². The summed E-state index contributed by atoms with van der Waals surface area (Å²) >= 11 is 0. The zero-order valence-corrected chi connectivity index (χ0v) is 10.7. The first kappa shape index (κ1) is 12.4. The van der Waals surface area contributed by atoms with Crippen molar-refractivity contribution in [3.05, 3.63) is 30.1 Å². The van der Waals surface area contributed by atoms with Gasteiger partial charge in [0.2, 0.25) is 0 Å². The Morgan fingerprint density at radius 1 is 1.35 bits per heavy atom. The van der Waals surface area contributed by atoms with E-state index in [1.54, 1.807) is 0 Å². The van der Waals surface area contributed by atoms with Gasteiger partial charge in [-0.2, -0.15) is 0 Å². The number of hydrogen-bond donors (Lipinski definition) is 1. The summed E-state index contributed by atoms with van der Waals surface area (Å²) in [5.74, 6) is -0.171. The molecule has 0 radical (unpaired) electrons. The van der Waals surface area contributed by atoms with Crippen molar-refractivity contribution in [3.8, 4) is 0 Å². The summed E-state index contributed by atoms with van der Waals surface area (Å²) in [5.41, 5.74) is 1.47. The summed E-state index contributed by atoms with van der Waals surface area (Å²) in [6, 6.07) is 6.75. The molecule has 0 amide bonds. The second-order valence-electron chi connectivity index (χ2n) is 5.11. The highest BCUT2D eigenvalue weighted by molar-refractivity contribution is 5.45. The number of anilines is 1. The van der Waals surface area contributed by atoms with E-state index in [-0.39, 0.29) is 5.82 Å². The van der Waals surface area contributed by atoms with Gasteiger partial charge in [0.15, 0.2) is 0 Å². The van der Waals surface area contributed by atoms with Crippen LogP contribution in [0.3, 0.4) is 0 Å². The van der Waals surface area contributed by atoms with E-state index >= 15 is 0 Å². The summed E-state index contributed by atoms with van der Waals surface area (Å²) in [5, 5.41) is 3.44. The molecule has 0 bridgehead atoms. The van der Waals surface area contributed by atoms with Crippen LogP contribution in [0.4, 0.5) is 10.1 Å². The highest BCUT2D eigenvalue weighted by atomic mass is 19.1. The first-order valence-electron chi connectivity index (χ1n) is 6.33. The van der Waals surface area contributed by atoms with Gasteiger partial charge < -0.3 is 10.2 Å². The summed E-state index contributed by atoms with van der Waals surface area (Å²) < 4.78 is 12.9. The van der Waals surface area contributed by atoms with Crippen LogP contribution < -0.4 is 10.2 Å². The Hall–Kier alpha value is -1.09. The number of nitrogens with one attached hydrogen (secondary N) is 1. The van der Waals surface area contributed by atoms with E-state index in [4.69, 9.17) is 0 Å². The maximum Gasteiger partial charge on any atom is 0.123 e. The standard InChI is InChI=1S/C14H21FN2/c1-3-14(8-9-16-10-14)11-17(2)13-6-4-12(15)5-7-13/h4-7,16H,3,8-11H2,1-2H3. The summed E-state index contributed by atoms with van der Waals surface area (Å²) in [4.78, 5) is 2.23. The van der Waals surface area contributed by atoms with Crippen LogP contribution in [0.1, 0.15) is 19.8 Å². The van der Waals surface area contributed by atoms with E-state index in [0.29, 0.717) is 5.41 Å². The molecule has 1 aliphatic heterocycles. The van der Waals surface area contributed by atoms with Gasteiger partial charge in [-0.05, 0) is 43.7 Å². The predicted octanol–water partition coefficient (Wildman–Crippen LogP) is 2.65. The molecule has 1 aliphatic rings. The first-order chi connectivity index (χ1) is 8.15. The molecule has 1 atom stereocenters. The second-order valence-corrected chi connectivity index (χ2v) is 5.11. The van der Waals surface area contributed by atoms with Crippen molar-refractivity contribution in [2.75, 3.05) is 31.6 Å². The molecule has 94 valence electrons. The van der Waals surface area contributed by atoms with Gasteiger partial charge in [-0.25, -0.2) is 4.39 Å². The van der Waals surface area contributed by atoms with E-state index in [0.717, 1.165) is 25.3 Å². The minimum Gasteiger partial charge on any atom is -0.374 e. The topological polar surface area (TPSA) is 15.3 Å². The Labute approximate surface area is 103 Å². The Morgan fingerprint density at radius 3 is 2.59 bits per heavy atom. The van der Waals surface area contributed by atoms with Gasteiger partial charge in [-0.1, -0.05) is 6.92 Å². The Bertz CT molecular complexity index is 355. The van der Waals surface area contributed by atoms with Crippen LogP contribution in [0.25, 0.3) is 0 Å².